The van der Waals surface area contributed by atoms with Crippen molar-refractivity contribution in [1.82, 2.24) is 5.32 Å². The molecule has 0 spiro atoms. The Balaban J connectivity index is 2.13. The summed E-state index contributed by atoms with van der Waals surface area (Å²) >= 11 is 0. The molecule has 0 saturated heterocycles. The van der Waals surface area contributed by atoms with Gasteiger partial charge < -0.3 is 14.5 Å². The van der Waals surface area contributed by atoms with E-state index in [0.717, 1.165) is 6.08 Å². The number of rotatable bonds is 6. The predicted octanol–water partition coefficient (Wildman–Crippen LogP) is 5.25. The number of carbonyl (C=O) groups excluding carboxylic acids is 4. The Labute approximate surface area is 206 Å². The van der Waals surface area contributed by atoms with Crippen LogP contribution in [-0.2, 0) is 4.74 Å². The number of ketones is 2. The molecule has 184 valence electrons. The summed E-state index contributed by atoms with van der Waals surface area (Å²) in [6.07, 6.45) is 1.06. The monoisotopic (exact) mass is 493 g/mol. The molecule has 1 amide bonds. The highest BCUT2D eigenvalue weighted by Gasteiger charge is 2.42. The van der Waals surface area contributed by atoms with Gasteiger partial charge in [0.05, 0.1) is 17.9 Å². The van der Waals surface area contributed by atoms with Gasteiger partial charge in [0.25, 0.3) is 14.2 Å². The van der Waals surface area contributed by atoms with Crippen LogP contribution in [-0.4, -0.2) is 38.4 Å². The van der Waals surface area contributed by atoms with E-state index in [2.05, 4.69) is 26.1 Å². The number of nitrogens with one attached hydrogen (secondary N) is 1. The van der Waals surface area contributed by atoms with Crippen molar-refractivity contribution < 1.29 is 28.3 Å². The third-order valence-corrected chi connectivity index (χ3v) is 10.7. The molecule has 1 aliphatic rings. The summed E-state index contributed by atoms with van der Waals surface area (Å²) in [6, 6.07) is 9.92. The van der Waals surface area contributed by atoms with E-state index in [9.17, 15) is 19.2 Å². The molecule has 35 heavy (non-hydrogen) atoms. The number of hydrogen-bond donors (Lipinski definition) is 1. The highest BCUT2D eigenvalue weighted by molar-refractivity contribution is 6.74. The predicted molar refractivity (Wildman–Crippen MR) is 136 cm³/mol. The van der Waals surface area contributed by atoms with E-state index >= 15 is 0 Å². The van der Waals surface area contributed by atoms with E-state index in [1.807, 2.05) is 13.1 Å². The first-order valence-electron chi connectivity index (χ1n) is 11.5. The number of hydrogen-bond acceptors (Lipinski definition) is 6. The van der Waals surface area contributed by atoms with Crippen LogP contribution in [0.1, 0.15) is 74.7 Å². The van der Waals surface area contributed by atoms with E-state index < -0.39 is 31.8 Å². The van der Waals surface area contributed by atoms with Crippen LogP contribution in [0.25, 0.3) is 0 Å². The molecule has 0 aromatic heterocycles. The molecule has 0 fully saturated rings. The zero-order valence-corrected chi connectivity index (χ0v) is 22.2. The van der Waals surface area contributed by atoms with Crippen LogP contribution < -0.4 is 9.74 Å². The fourth-order valence-corrected chi connectivity index (χ4v) is 4.54. The molecule has 0 saturated carbocycles. The molecule has 1 N–H and O–H groups in total. The highest BCUT2D eigenvalue weighted by Crippen LogP contribution is 2.41. The normalized spacial score (nSPS) is 13.6. The van der Waals surface area contributed by atoms with Crippen molar-refractivity contribution in [2.75, 3.05) is 6.61 Å². The zero-order chi connectivity index (χ0) is 26.1. The Hall–Kier alpha value is -3.52. The second-order valence-corrected chi connectivity index (χ2v) is 14.7. The molecule has 0 radical (unpaired) electrons. The molecule has 0 aliphatic heterocycles. The van der Waals surface area contributed by atoms with Crippen molar-refractivity contribution >= 4 is 31.8 Å². The second kappa shape index (κ2) is 9.62. The van der Waals surface area contributed by atoms with Crippen LogP contribution in [0, 0.1) is 6.92 Å². The van der Waals surface area contributed by atoms with Gasteiger partial charge in [0, 0.05) is 17.2 Å². The largest absolute Gasteiger partial charge is 0.543 e. The highest BCUT2D eigenvalue weighted by atomic mass is 28.4. The van der Waals surface area contributed by atoms with E-state index in [0.29, 0.717) is 11.1 Å². The Bertz CT molecular complexity index is 1240. The fourth-order valence-electron chi connectivity index (χ4n) is 3.46. The van der Waals surface area contributed by atoms with Crippen LogP contribution in [0.4, 0.5) is 0 Å². The van der Waals surface area contributed by atoms with Gasteiger partial charge in [0.2, 0.25) is 5.78 Å². The van der Waals surface area contributed by atoms with Gasteiger partial charge in [-0.1, -0.05) is 39.0 Å². The van der Waals surface area contributed by atoms with Crippen LogP contribution in [0.3, 0.4) is 0 Å². The maximum Gasteiger partial charge on any atom is 0.342 e. The lowest BCUT2D eigenvalue weighted by molar-refractivity contribution is 0.0520. The molecule has 3 rings (SSSR count). The third-order valence-electron chi connectivity index (χ3n) is 6.40. The molecular formula is C27H31NO6Si. The van der Waals surface area contributed by atoms with Crippen molar-refractivity contribution in [3.8, 4) is 5.75 Å². The number of allylic oxidation sites excluding steroid dienone is 2. The summed E-state index contributed by atoms with van der Waals surface area (Å²) < 4.78 is 11.7. The number of benzene rings is 2. The summed E-state index contributed by atoms with van der Waals surface area (Å²) in [4.78, 5) is 52.3. The van der Waals surface area contributed by atoms with Crippen LogP contribution in [0.5, 0.6) is 5.75 Å². The Morgan fingerprint density at radius 3 is 2.26 bits per heavy atom. The van der Waals surface area contributed by atoms with Crippen LogP contribution >= 0.6 is 0 Å². The SMILES string of the molecule is CCOC(=O)c1c(O[Si](C)(C)C(C)(C)C)c(C)cc2c1C(=O)C=C(NC(=O)c1ccccc1)C2=O. The third kappa shape index (κ3) is 5.12. The van der Waals surface area contributed by atoms with Crippen molar-refractivity contribution in [3.05, 3.63) is 76.0 Å². The lowest BCUT2D eigenvalue weighted by Crippen LogP contribution is -2.44. The molecule has 0 unspecified atom stereocenters. The zero-order valence-electron chi connectivity index (χ0n) is 21.2. The van der Waals surface area contributed by atoms with Gasteiger partial charge in [-0.3, -0.25) is 14.4 Å². The average molecular weight is 494 g/mol. The summed E-state index contributed by atoms with van der Waals surface area (Å²) in [6.45, 7) is 13.7. The molecule has 2 aromatic rings. The van der Waals surface area contributed by atoms with Gasteiger partial charge in [-0.05, 0) is 55.7 Å². The number of carbonyl (C=O) groups is 4. The minimum atomic E-state index is -2.41. The van der Waals surface area contributed by atoms with Crippen molar-refractivity contribution in [1.29, 1.82) is 0 Å². The minimum Gasteiger partial charge on any atom is -0.543 e. The molecule has 0 heterocycles. The van der Waals surface area contributed by atoms with Crippen molar-refractivity contribution in [2.45, 2.75) is 52.8 Å². The topological polar surface area (TPSA) is 98.8 Å². The summed E-state index contributed by atoms with van der Waals surface area (Å²) in [5.41, 5.74) is 0.655. The quantitative estimate of drug-likeness (QED) is 0.436. The van der Waals surface area contributed by atoms with Crippen LogP contribution in [0.2, 0.25) is 18.1 Å². The number of Topliss-reactive ketones (excluding diaryl/α,β-unsaturated/α-hetero) is 1. The van der Waals surface area contributed by atoms with Gasteiger partial charge >= 0.3 is 5.97 Å². The summed E-state index contributed by atoms with van der Waals surface area (Å²) in [7, 11) is -2.41. The Morgan fingerprint density at radius 2 is 1.69 bits per heavy atom. The van der Waals surface area contributed by atoms with E-state index in [1.165, 1.54) is 0 Å². The van der Waals surface area contributed by atoms with Gasteiger partial charge in [0.15, 0.2) is 5.78 Å². The minimum absolute atomic E-state index is 0.0315. The molecule has 7 nitrogen and oxygen atoms in total. The molecular weight excluding hydrogens is 462 g/mol. The van der Waals surface area contributed by atoms with E-state index in [4.69, 9.17) is 9.16 Å². The number of aryl methyl sites for hydroxylation is 1. The molecule has 1 aliphatic carbocycles. The smallest absolute Gasteiger partial charge is 0.342 e. The Morgan fingerprint density at radius 1 is 1.06 bits per heavy atom. The van der Waals surface area contributed by atoms with Crippen molar-refractivity contribution in [3.63, 3.8) is 0 Å². The lowest BCUT2D eigenvalue weighted by Gasteiger charge is -2.37. The second-order valence-electron chi connectivity index (χ2n) is 9.97. The number of ether oxygens (including phenoxy) is 1. The average Bonchev–Trinajstić information content (AvgIpc) is 2.77. The van der Waals surface area contributed by atoms with Crippen LogP contribution in [0.15, 0.2) is 48.2 Å². The first kappa shape index (κ1) is 26.1. The maximum atomic E-state index is 13.4. The summed E-state index contributed by atoms with van der Waals surface area (Å²) in [5.74, 6) is -2.11. The maximum absolute atomic E-state index is 13.4. The molecule has 0 bridgehead atoms. The number of fused-ring (bicyclic) bond motifs is 1. The fraction of sp³-hybridized carbons (Fsp3) is 0.333. The Kier molecular flexibility index (Phi) is 7.17. The van der Waals surface area contributed by atoms with E-state index in [-0.39, 0.29) is 39.8 Å². The molecule has 8 heteroatoms. The summed E-state index contributed by atoms with van der Waals surface area (Å²) in [5, 5.41) is 2.36. The number of esters is 1. The van der Waals surface area contributed by atoms with E-state index in [1.54, 1.807) is 50.2 Å². The molecule has 0 atom stereocenters. The first-order chi connectivity index (χ1) is 16.3. The van der Waals surface area contributed by atoms with Gasteiger partial charge in [-0.2, -0.15) is 0 Å². The lowest BCUT2D eigenvalue weighted by atomic mass is 9.86. The first-order valence-corrected chi connectivity index (χ1v) is 14.4. The standard InChI is InChI=1S/C27H31NO6Si/c1-8-33-26(32)22-21-18(14-16(2)24(22)34-35(6,7)27(3,4)5)23(30)19(15-20(21)29)28-25(31)17-12-10-9-11-13-17/h9-15H,8H2,1-7H3,(H,28,31). The number of amides is 1. The van der Waals surface area contributed by atoms with Crippen molar-refractivity contribution in [2.24, 2.45) is 0 Å². The van der Waals surface area contributed by atoms with Gasteiger partial charge in [-0.15, -0.1) is 0 Å². The van der Waals surface area contributed by atoms with Gasteiger partial charge in [-0.25, -0.2) is 4.79 Å². The van der Waals surface area contributed by atoms with Gasteiger partial charge in [0.1, 0.15) is 11.3 Å². The molecule has 2 aromatic carbocycles.